The lowest BCUT2D eigenvalue weighted by Crippen LogP contribution is -2.47. The van der Waals surface area contributed by atoms with Crippen LogP contribution in [0.2, 0.25) is 0 Å². The predicted molar refractivity (Wildman–Crippen MR) is 105 cm³/mol. The van der Waals surface area contributed by atoms with E-state index in [4.69, 9.17) is 25.7 Å². The lowest BCUT2D eigenvalue weighted by atomic mass is 9.94. The van der Waals surface area contributed by atoms with Crippen LogP contribution in [0, 0.1) is 0 Å². The Labute approximate surface area is 162 Å². The SMILES string of the molecule is CCCCNC(=O)OCCC(N)(CCOC(=O)NCCCC)COCCN. The van der Waals surface area contributed by atoms with Gasteiger partial charge >= 0.3 is 12.2 Å². The van der Waals surface area contributed by atoms with Crippen LogP contribution in [0.25, 0.3) is 0 Å². The van der Waals surface area contributed by atoms with Gasteiger partial charge in [0.05, 0.1) is 26.4 Å². The molecule has 0 saturated carbocycles. The Morgan fingerprint density at radius 1 is 0.889 bits per heavy atom. The molecule has 0 aromatic heterocycles. The fourth-order valence-corrected chi connectivity index (χ4v) is 2.16. The van der Waals surface area contributed by atoms with Gasteiger partial charge in [-0.2, -0.15) is 0 Å². The molecule has 0 aromatic carbocycles. The van der Waals surface area contributed by atoms with Gasteiger partial charge in [-0.05, 0) is 12.8 Å². The highest BCUT2D eigenvalue weighted by molar-refractivity contribution is 5.67. The number of carbonyl (C=O) groups excluding carboxylic acids is 2. The average Bonchev–Trinajstić information content (AvgIpc) is 2.62. The lowest BCUT2D eigenvalue weighted by molar-refractivity contribution is 0.0550. The van der Waals surface area contributed by atoms with Gasteiger partial charge in [0.1, 0.15) is 0 Å². The molecule has 9 nitrogen and oxygen atoms in total. The highest BCUT2D eigenvalue weighted by Crippen LogP contribution is 2.14. The molecular weight excluding hydrogens is 352 g/mol. The van der Waals surface area contributed by atoms with Crippen LogP contribution in [0.5, 0.6) is 0 Å². The molecule has 0 radical (unpaired) electrons. The van der Waals surface area contributed by atoms with Gasteiger partial charge in [-0.1, -0.05) is 26.7 Å². The first-order valence-electron chi connectivity index (χ1n) is 9.85. The Morgan fingerprint density at radius 2 is 1.37 bits per heavy atom. The van der Waals surface area contributed by atoms with Crippen LogP contribution in [0.15, 0.2) is 0 Å². The number of amides is 2. The number of unbranched alkanes of at least 4 members (excludes halogenated alkanes) is 2. The van der Waals surface area contributed by atoms with E-state index in [0.717, 1.165) is 25.7 Å². The van der Waals surface area contributed by atoms with Gasteiger partial charge in [0.25, 0.3) is 0 Å². The summed E-state index contributed by atoms with van der Waals surface area (Å²) in [6.07, 6.45) is 3.66. The van der Waals surface area contributed by atoms with E-state index in [1.165, 1.54) is 0 Å². The number of nitrogens with two attached hydrogens (primary N) is 2. The number of alkyl carbamates (subject to hydrolysis) is 2. The third-order valence-electron chi connectivity index (χ3n) is 3.92. The zero-order valence-corrected chi connectivity index (χ0v) is 16.9. The number of rotatable bonds is 16. The predicted octanol–water partition coefficient (Wildman–Crippen LogP) is 1.49. The summed E-state index contributed by atoms with van der Waals surface area (Å²) in [6, 6.07) is 0. The molecule has 0 fully saturated rings. The second kappa shape index (κ2) is 16.6. The van der Waals surface area contributed by atoms with E-state index in [-0.39, 0.29) is 19.8 Å². The van der Waals surface area contributed by atoms with Gasteiger partial charge < -0.3 is 36.3 Å². The van der Waals surface area contributed by atoms with Crippen LogP contribution >= 0.6 is 0 Å². The normalized spacial score (nSPS) is 11.1. The van der Waals surface area contributed by atoms with E-state index in [9.17, 15) is 9.59 Å². The van der Waals surface area contributed by atoms with Crippen molar-refractivity contribution in [3.05, 3.63) is 0 Å². The maximum atomic E-state index is 11.6. The Hall–Kier alpha value is -1.58. The summed E-state index contributed by atoms with van der Waals surface area (Å²) < 4.78 is 15.8. The summed E-state index contributed by atoms with van der Waals surface area (Å²) in [5, 5.41) is 5.35. The molecule has 0 aromatic rings. The molecule has 0 aliphatic carbocycles. The zero-order valence-electron chi connectivity index (χ0n) is 16.9. The van der Waals surface area contributed by atoms with Crippen molar-refractivity contribution in [2.45, 2.75) is 57.9 Å². The van der Waals surface area contributed by atoms with E-state index < -0.39 is 17.7 Å². The summed E-state index contributed by atoms with van der Waals surface area (Å²) in [4.78, 5) is 23.2. The lowest BCUT2D eigenvalue weighted by Gasteiger charge is -2.29. The summed E-state index contributed by atoms with van der Waals surface area (Å²) >= 11 is 0. The number of hydrogen-bond donors (Lipinski definition) is 4. The van der Waals surface area contributed by atoms with Crippen molar-refractivity contribution >= 4 is 12.2 Å². The molecular formula is C18H38N4O5. The minimum absolute atomic E-state index is 0.156. The Balaban J connectivity index is 4.24. The summed E-state index contributed by atoms with van der Waals surface area (Å²) in [5.41, 5.74) is 11.0. The fraction of sp³-hybridized carbons (Fsp3) is 0.889. The van der Waals surface area contributed by atoms with Crippen molar-refractivity contribution in [2.75, 3.05) is 46.1 Å². The van der Waals surface area contributed by atoms with E-state index in [2.05, 4.69) is 10.6 Å². The molecule has 0 spiro atoms. The summed E-state index contributed by atoms with van der Waals surface area (Å²) in [6.45, 7) is 6.59. The first-order valence-corrected chi connectivity index (χ1v) is 9.85. The van der Waals surface area contributed by atoms with Crippen LogP contribution in [0.1, 0.15) is 52.4 Å². The van der Waals surface area contributed by atoms with Crippen LogP contribution in [0.4, 0.5) is 9.59 Å². The number of carbonyl (C=O) groups is 2. The van der Waals surface area contributed by atoms with Crippen molar-refractivity contribution in [3.63, 3.8) is 0 Å². The van der Waals surface area contributed by atoms with Crippen molar-refractivity contribution in [1.29, 1.82) is 0 Å². The smallest absolute Gasteiger partial charge is 0.407 e. The topological polar surface area (TPSA) is 138 Å². The molecule has 27 heavy (non-hydrogen) atoms. The second-order valence-electron chi connectivity index (χ2n) is 6.54. The molecule has 160 valence electrons. The third-order valence-corrected chi connectivity index (χ3v) is 3.92. The highest BCUT2D eigenvalue weighted by Gasteiger charge is 2.26. The molecule has 0 heterocycles. The average molecular weight is 391 g/mol. The standard InChI is InChI=1S/C18H38N4O5/c1-3-5-10-21-16(23)26-12-7-18(20,15-25-14-9-19)8-13-27-17(24)22-11-6-4-2/h3-15,19-20H2,1-2H3,(H,21,23)(H,22,24). The van der Waals surface area contributed by atoms with Crippen molar-refractivity contribution in [3.8, 4) is 0 Å². The molecule has 0 atom stereocenters. The Bertz CT molecular complexity index is 368. The molecule has 9 heteroatoms. The first-order chi connectivity index (χ1) is 13.0. The van der Waals surface area contributed by atoms with E-state index in [1.54, 1.807) is 0 Å². The van der Waals surface area contributed by atoms with Crippen LogP contribution in [-0.4, -0.2) is 63.8 Å². The maximum Gasteiger partial charge on any atom is 0.407 e. The highest BCUT2D eigenvalue weighted by atomic mass is 16.6. The van der Waals surface area contributed by atoms with Gasteiger partial charge in [0, 0.05) is 38.0 Å². The van der Waals surface area contributed by atoms with Crippen molar-refractivity contribution < 1.29 is 23.8 Å². The minimum atomic E-state index is -0.775. The molecule has 0 aliphatic rings. The number of ether oxygens (including phenoxy) is 3. The Morgan fingerprint density at radius 3 is 1.78 bits per heavy atom. The largest absolute Gasteiger partial charge is 0.449 e. The molecule has 0 unspecified atom stereocenters. The molecule has 0 saturated heterocycles. The Kier molecular flexibility index (Phi) is 15.6. The second-order valence-corrected chi connectivity index (χ2v) is 6.54. The van der Waals surface area contributed by atoms with Crippen LogP contribution in [0.3, 0.4) is 0 Å². The first kappa shape index (κ1) is 25.4. The van der Waals surface area contributed by atoms with Crippen LogP contribution < -0.4 is 22.1 Å². The molecule has 6 N–H and O–H groups in total. The zero-order chi connectivity index (χ0) is 20.4. The summed E-state index contributed by atoms with van der Waals surface area (Å²) in [5.74, 6) is 0. The number of hydrogen-bond acceptors (Lipinski definition) is 7. The fourth-order valence-electron chi connectivity index (χ4n) is 2.16. The van der Waals surface area contributed by atoms with E-state index in [1.807, 2.05) is 13.8 Å². The van der Waals surface area contributed by atoms with Gasteiger partial charge in [-0.25, -0.2) is 9.59 Å². The van der Waals surface area contributed by atoms with Gasteiger partial charge in [0.2, 0.25) is 0 Å². The maximum absolute atomic E-state index is 11.6. The molecule has 2 amide bonds. The monoisotopic (exact) mass is 390 g/mol. The molecule has 0 rings (SSSR count). The van der Waals surface area contributed by atoms with Gasteiger partial charge in [-0.15, -0.1) is 0 Å². The minimum Gasteiger partial charge on any atom is -0.449 e. The van der Waals surface area contributed by atoms with Crippen molar-refractivity contribution in [2.24, 2.45) is 11.5 Å². The summed E-state index contributed by atoms with van der Waals surface area (Å²) in [7, 11) is 0. The number of nitrogens with one attached hydrogen (secondary N) is 2. The molecule has 0 bridgehead atoms. The quantitative estimate of drug-likeness (QED) is 0.293. The van der Waals surface area contributed by atoms with E-state index >= 15 is 0 Å². The van der Waals surface area contributed by atoms with E-state index in [0.29, 0.717) is 39.1 Å². The van der Waals surface area contributed by atoms with Crippen LogP contribution in [-0.2, 0) is 14.2 Å². The van der Waals surface area contributed by atoms with Gasteiger partial charge in [-0.3, -0.25) is 0 Å². The third kappa shape index (κ3) is 15.2. The van der Waals surface area contributed by atoms with Gasteiger partial charge in [0.15, 0.2) is 0 Å². The van der Waals surface area contributed by atoms with Crippen molar-refractivity contribution in [1.82, 2.24) is 10.6 Å². The molecule has 0 aliphatic heterocycles.